The zero-order chi connectivity index (χ0) is 21.8. The molecule has 1 unspecified atom stereocenters. The average Bonchev–Trinajstić information content (AvgIpc) is 3.02. The number of likely N-dealkylation sites (N-methyl/N-ethyl adjacent to an activating group) is 1. The minimum Gasteiger partial charge on any atom is -0.496 e. The van der Waals surface area contributed by atoms with Crippen LogP contribution in [-0.2, 0) is 0 Å². The molecule has 30 heavy (non-hydrogen) atoms. The van der Waals surface area contributed by atoms with Crippen LogP contribution in [0.5, 0.6) is 5.75 Å². The molecule has 3 aromatic rings. The van der Waals surface area contributed by atoms with Gasteiger partial charge in [0.1, 0.15) is 24.0 Å². The number of halogens is 1. The Hall–Kier alpha value is -2.89. The topological polar surface area (TPSA) is 103 Å². The molecule has 2 N–H and O–H groups in total. The molecular weight excluding hydrogens is 402 g/mol. The molecule has 1 aliphatic rings. The molecule has 0 bridgehead atoms. The second-order valence-corrected chi connectivity index (χ2v) is 8.95. The molecule has 2 aromatic heterocycles. The van der Waals surface area contributed by atoms with Crippen molar-refractivity contribution in [2.75, 3.05) is 40.0 Å². The number of nitrogens with zero attached hydrogens (tertiary/aromatic N) is 6. The predicted molar refractivity (Wildman–Crippen MR) is 116 cm³/mol. The Balaban J connectivity index is 1.91. The molecule has 1 saturated heterocycles. The number of quaternary nitrogens is 1. The third-order valence-corrected chi connectivity index (χ3v) is 6.26. The van der Waals surface area contributed by atoms with Crippen molar-refractivity contribution in [1.82, 2.24) is 19.7 Å². The molecule has 3 heterocycles. The zero-order valence-corrected chi connectivity index (χ0v) is 18.5. The summed E-state index contributed by atoms with van der Waals surface area (Å²) >= 11 is 6.58. The molecule has 8 nitrogen and oxygen atoms in total. The minimum absolute atomic E-state index is 0.211. The van der Waals surface area contributed by atoms with Crippen LogP contribution >= 0.6 is 11.6 Å². The lowest BCUT2D eigenvalue weighted by Gasteiger charge is -2.45. The van der Waals surface area contributed by atoms with Crippen molar-refractivity contribution < 1.29 is 9.22 Å². The van der Waals surface area contributed by atoms with E-state index in [-0.39, 0.29) is 12.0 Å². The first-order chi connectivity index (χ1) is 14.2. The van der Waals surface area contributed by atoms with Crippen LogP contribution in [0.2, 0.25) is 5.02 Å². The number of fused-ring (bicyclic) bond motifs is 1. The van der Waals surface area contributed by atoms with E-state index in [2.05, 4.69) is 35.2 Å². The van der Waals surface area contributed by atoms with E-state index >= 15 is 0 Å². The van der Waals surface area contributed by atoms with Crippen LogP contribution < -0.4 is 10.5 Å². The highest BCUT2D eigenvalue weighted by atomic mass is 35.5. The lowest BCUT2D eigenvalue weighted by molar-refractivity contribution is -0.932. The van der Waals surface area contributed by atoms with Crippen LogP contribution in [0, 0.1) is 18.3 Å². The summed E-state index contributed by atoms with van der Waals surface area (Å²) < 4.78 is 8.58. The van der Waals surface area contributed by atoms with Crippen molar-refractivity contribution >= 4 is 28.5 Å². The van der Waals surface area contributed by atoms with Gasteiger partial charge in [-0.1, -0.05) is 11.6 Å². The number of likely N-dealkylation sites (tertiary alicyclic amines) is 1. The number of aromatic nitrogens is 4. The van der Waals surface area contributed by atoms with E-state index < -0.39 is 0 Å². The maximum absolute atomic E-state index is 9.80. The predicted octanol–water partition coefficient (Wildman–Crippen LogP) is 3.03. The Morgan fingerprint density at radius 3 is 2.67 bits per heavy atom. The number of benzene rings is 1. The molecule has 9 heteroatoms. The third-order valence-electron chi connectivity index (χ3n) is 5.96. The molecule has 0 saturated carbocycles. The summed E-state index contributed by atoms with van der Waals surface area (Å²) in [5.74, 6) is 1.30. The number of ether oxygens (including phenoxy) is 1. The van der Waals surface area contributed by atoms with Gasteiger partial charge in [-0.3, -0.25) is 0 Å². The summed E-state index contributed by atoms with van der Waals surface area (Å²) in [4.78, 5) is 8.49. The highest BCUT2D eigenvalue weighted by Gasteiger charge is 2.42. The molecule has 0 amide bonds. The van der Waals surface area contributed by atoms with Crippen molar-refractivity contribution in [3.8, 4) is 11.8 Å². The van der Waals surface area contributed by atoms with Crippen LogP contribution in [0.1, 0.15) is 41.3 Å². The number of anilines is 1. The van der Waals surface area contributed by atoms with Gasteiger partial charge in [-0.25, -0.2) is 14.6 Å². The maximum Gasteiger partial charge on any atom is 0.164 e. The molecule has 1 aliphatic heterocycles. The minimum atomic E-state index is -0.239. The van der Waals surface area contributed by atoms with Crippen molar-refractivity contribution in [2.24, 2.45) is 0 Å². The first-order valence-electron chi connectivity index (χ1n) is 9.76. The van der Waals surface area contributed by atoms with E-state index in [4.69, 9.17) is 22.1 Å². The van der Waals surface area contributed by atoms with Crippen molar-refractivity contribution in [3.63, 3.8) is 0 Å². The van der Waals surface area contributed by atoms with Crippen molar-refractivity contribution in [2.45, 2.75) is 25.8 Å². The van der Waals surface area contributed by atoms with E-state index in [0.29, 0.717) is 27.8 Å². The number of methoxy groups -OCH3 is 1. The Morgan fingerprint density at radius 1 is 1.37 bits per heavy atom. The number of nitriles is 1. The SMILES string of the molecule is COc1c(C(C)n2nc(C)c3c(N)ncnc32)cc(Cl)c(C#N)c1C1C[N+](C)(C)C1. The van der Waals surface area contributed by atoms with E-state index in [1.165, 1.54) is 6.33 Å². The van der Waals surface area contributed by atoms with Gasteiger partial charge in [0, 0.05) is 11.1 Å². The lowest BCUT2D eigenvalue weighted by atomic mass is 9.84. The van der Waals surface area contributed by atoms with E-state index in [0.717, 1.165) is 39.8 Å². The number of aryl methyl sites for hydroxylation is 1. The monoisotopic (exact) mass is 426 g/mol. The molecule has 0 aliphatic carbocycles. The molecule has 1 fully saturated rings. The van der Waals surface area contributed by atoms with Crippen molar-refractivity contribution in [1.29, 1.82) is 5.26 Å². The largest absolute Gasteiger partial charge is 0.496 e. The highest BCUT2D eigenvalue weighted by Crippen LogP contribution is 2.45. The Bertz CT molecular complexity index is 1190. The number of nitrogen functional groups attached to an aromatic ring is 1. The van der Waals surface area contributed by atoms with Crippen LogP contribution in [-0.4, -0.2) is 58.5 Å². The Kier molecular flexibility index (Phi) is 4.83. The second-order valence-electron chi connectivity index (χ2n) is 8.54. The van der Waals surface area contributed by atoms with Gasteiger partial charge >= 0.3 is 0 Å². The summed E-state index contributed by atoms with van der Waals surface area (Å²) in [6.07, 6.45) is 1.44. The Morgan fingerprint density at radius 2 is 2.07 bits per heavy atom. The molecule has 1 aromatic carbocycles. The summed E-state index contributed by atoms with van der Waals surface area (Å²) in [7, 11) is 5.98. The normalized spacial score (nSPS) is 16.8. The molecule has 4 rings (SSSR count). The average molecular weight is 427 g/mol. The summed E-state index contributed by atoms with van der Waals surface area (Å²) in [5, 5.41) is 15.6. The van der Waals surface area contributed by atoms with Gasteiger partial charge in [-0.15, -0.1) is 0 Å². The number of rotatable bonds is 4. The quantitative estimate of drug-likeness (QED) is 0.643. The first-order valence-corrected chi connectivity index (χ1v) is 10.1. The van der Waals surface area contributed by atoms with Gasteiger partial charge < -0.3 is 15.0 Å². The fourth-order valence-electron chi connectivity index (χ4n) is 4.61. The Labute approximate surface area is 180 Å². The summed E-state index contributed by atoms with van der Waals surface area (Å²) in [6, 6.07) is 3.85. The fourth-order valence-corrected chi connectivity index (χ4v) is 4.87. The van der Waals surface area contributed by atoms with Gasteiger partial charge in [-0.05, 0) is 19.9 Å². The molecule has 156 valence electrons. The standard InChI is InChI=1S/C21H25ClN7O/c1-11-17-20(24)25-10-26-21(17)28(27-11)12(2)14-6-16(22)15(7-23)18(19(14)30-5)13-8-29(3,4)9-13/h6,10,12-13H,8-9H2,1-5H3,(H2,24,25,26)/q+1. The van der Waals surface area contributed by atoms with Gasteiger partial charge in [0.2, 0.25) is 0 Å². The van der Waals surface area contributed by atoms with E-state index in [9.17, 15) is 5.26 Å². The summed E-state index contributed by atoms with van der Waals surface area (Å²) in [5.41, 5.74) is 9.69. The van der Waals surface area contributed by atoms with E-state index in [1.807, 2.05) is 18.5 Å². The highest BCUT2D eigenvalue weighted by molar-refractivity contribution is 6.32. The van der Waals surface area contributed by atoms with Crippen LogP contribution in [0.15, 0.2) is 12.4 Å². The van der Waals surface area contributed by atoms with Gasteiger partial charge in [-0.2, -0.15) is 10.4 Å². The second kappa shape index (κ2) is 7.11. The van der Waals surface area contributed by atoms with Crippen molar-refractivity contribution in [3.05, 3.63) is 39.8 Å². The smallest absolute Gasteiger partial charge is 0.164 e. The van der Waals surface area contributed by atoms with Gasteiger partial charge in [0.05, 0.1) is 67.9 Å². The lowest BCUT2D eigenvalue weighted by Crippen LogP contribution is -2.56. The van der Waals surface area contributed by atoms with Gasteiger partial charge in [0.25, 0.3) is 0 Å². The van der Waals surface area contributed by atoms with Crippen LogP contribution in [0.25, 0.3) is 11.0 Å². The molecule has 1 atom stereocenters. The molecule has 0 spiro atoms. The van der Waals surface area contributed by atoms with Gasteiger partial charge in [0.15, 0.2) is 5.65 Å². The number of hydrogen-bond acceptors (Lipinski definition) is 6. The number of hydrogen-bond donors (Lipinski definition) is 1. The maximum atomic E-state index is 9.80. The van der Waals surface area contributed by atoms with Crippen LogP contribution in [0.3, 0.4) is 0 Å². The molecule has 0 radical (unpaired) electrons. The number of nitrogens with two attached hydrogens (primary N) is 1. The fraction of sp³-hybridized carbons (Fsp3) is 0.429. The van der Waals surface area contributed by atoms with E-state index in [1.54, 1.807) is 13.2 Å². The summed E-state index contributed by atoms with van der Waals surface area (Å²) in [6.45, 7) is 5.74. The third kappa shape index (κ3) is 3.06. The first kappa shape index (κ1) is 20.4. The zero-order valence-electron chi connectivity index (χ0n) is 17.8. The van der Waals surface area contributed by atoms with Crippen LogP contribution in [0.4, 0.5) is 5.82 Å². The molecular formula is C21H25ClN7O+.